The van der Waals surface area contributed by atoms with E-state index in [4.69, 9.17) is 9.47 Å². The third-order valence-electron chi connectivity index (χ3n) is 9.14. The number of unbranched alkanes of at least 4 members (excludes halogenated alkanes) is 1. The van der Waals surface area contributed by atoms with Gasteiger partial charge in [0.05, 0.1) is 20.1 Å². The molecule has 2 saturated heterocycles. The summed E-state index contributed by atoms with van der Waals surface area (Å²) in [4.78, 5) is 29.5. The number of amides is 2. The molecule has 1 aromatic carbocycles. The standard InChI is InChI=1S/C29H43N3O4.HI/c1-3-4-14-31-27(33)24(19-22-8-6-5-7-9-22)30-28(34)29(31)12-15-32(2,16-13-29)21-23-10-11-25-26(20-23)36-18-17-35-25;/h10-11,20,22,24H,3-9,12-19,21H2,1-2H3;1H. The number of nitrogens with zero attached hydrogens (tertiary/aromatic N) is 2. The Bertz CT molecular complexity index is 956. The number of hydrogen-bond acceptors (Lipinski definition) is 4. The first-order valence-corrected chi connectivity index (χ1v) is 14.3. The summed E-state index contributed by atoms with van der Waals surface area (Å²) in [5.41, 5.74) is 0.525. The van der Waals surface area contributed by atoms with Gasteiger partial charge in [0.2, 0.25) is 11.8 Å². The SMILES string of the molecule is CCCCN1C(=O)C(CC2CCCCC2)NC(=O)C12CC[N+](C)(Cc1ccc3c(c1)OCCO3)CC2.[I-]. The highest BCUT2D eigenvalue weighted by atomic mass is 127. The number of carbonyl (C=O) groups excluding carboxylic acids is 2. The maximum absolute atomic E-state index is 13.8. The van der Waals surface area contributed by atoms with Gasteiger partial charge < -0.3 is 48.2 Å². The minimum Gasteiger partial charge on any atom is -1.00 e. The molecule has 2 amide bonds. The van der Waals surface area contributed by atoms with E-state index in [0.29, 0.717) is 38.5 Å². The van der Waals surface area contributed by atoms with Crippen LogP contribution < -0.4 is 38.8 Å². The summed E-state index contributed by atoms with van der Waals surface area (Å²) in [7, 11) is 2.27. The van der Waals surface area contributed by atoms with Crippen molar-refractivity contribution in [3.05, 3.63) is 23.8 Å². The average Bonchev–Trinajstić information content (AvgIpc) is 2.89. The Morgan fingerprint density at radius 1 is 1.05 bits per heavy atom. The molecule has 3 fully saturated rings. The molecule has 1 saturated carbocycles. The van der Waals surface area contributed by atoms with E-state index in [2.05, 4.69) is 31.4 Å². The number of piperidine rings is 1. The molecule has 1 N–H and O–H groups in total. The summed E-state index contributed by atoms with van der Waals surface area (Å²) < 4.78 is 12.3. The van der Waals surface area contributed by atoms with Gasteiger partial charge in [-0.05, 0) is 37.0 Å². The molecule has 1 atom stereocenters. The minimum atomic E-state index is -0.695. The van der Waals surface area contributed by atoms with Crippen LogP contribution in [0.5, 0.6) is 11.5 Å². The van der Waals surface area contributed by atoms with Gasteiger partial charge in [-0.2, -0.15) is 0 Å². The number of fused-ring (bicyclic) bond motifs is 1. The fraction of sp³-hybridized carbons (Fsp3) is 0.724. The molecule has 7 nitrogen and oxygen atoms in total. The molecule has 1 aromatic rings. The molecule has 5 rings (SSSR count). The van der Waals surface area contributed by atoms with Crippen LogP contribution in [0.15, 0.2) is 18.2 Å². The fourth-order valence-electron chi connectivity index (χ4n) is 6.86. The van der Waals surface area contributed by atoms with Crippen molar-refractivity contribution < 1.29 is 47.5 Å². The highest BCUT2D eigenvalue weighted by molar-refractivity contribution is 6.00. The highest BCUT2D eigenvalue weighted by Crippen LogP contribution is 2.39. The predicted molar refractivity (Wildman–Crippen MR) is 139 cm³/mol. The van der Waals surface area contributed by atoms with Gasteiger partial charge in [-0.3, -0.25) is 9.59 Å². The predicted octanol–water partition coefficient (Wildman–Crippen LogP) is 1.04. The molecule has 1 spiro atoms. The quantitative estimate of drug-likeness (QED) is 0.364. The highest BCUT2D eigenvalue weighted by Gasteiger charge is 2.56. The van der Waals surface area contributed by atoms with Crippen LogP contribution in [0.3, 0.4) is 0 Å². The van der Waals surface area contributed by atoms with Crippen molar-refractivity contribution in [2.75, 3.05) is 39.9 Å². The molecule has 1 unspecified atom stereocenters. The van der Waals surface area contributed by atoms with Gasteiger partial charge in [-0.25, -0.2) is 0 Å². The van der Waals surface area contributed by atoms with E-state index < -0.39 is 5.54 Å². The second kappa shape index (κ2) is 12.1. The zero-order chi connectivity index (χ0) is 25.2. The topological polar surface area (TPSA) is 67.9 Å². The molecule has 1 aliphatic carbocycles. The van der Waals surface area contributed by atoms with Gasteiger partial charge in [0.15, 0.2) is 11.5 Å². The van der Waals surface area contributed by atoms with Crippen molar-refractivity contribution in [3.63, 3.8) is 0 Å². The number of ether oxygens (including phenoxy) is 2. The molecule has 37 heavy (non-hydrogen) atoms. The van der Waals surface area contributed by atoms with Gasteiger partial charge in [0.25, 0.3) is 0 Å². The summed E-state index contributed by atoms with van der Waals surface area (Å²) in [5, 5.41) is 3.22. The van der Waals surface area contributed by atoms with Gasteiger partial charge in [-0.1, -0.05) is 45.4 Å². The molecule has 0 bridgehead atoms. The van der Waals surface area contributed by atoms with Crippen LogP contribution in [0.1, 0.15) is 76.7 Å². The molecule has 8 heteroatoms. The Labute approximate surface area is 239 Å². The number of quaternary nitrogens is 1. The van der Waals surface area contributed by atoms with Crippen molar-refractivity contribution in [1.29, 1.82) is 0 Å². The summed E-state index contributed by atoms with van der Waals surface area (Å²) in [6.45, 7) is 6.64. The first-order chi connectivity index (χ1) is 17.4. The van der Waals surface area contributed by atoms with E-state index in [9.17, 15) is 9.59 Å². The molecular weight excluding hydrogens is 581 g/mol. The monoisotopic (exact) mass is 625 g/mol. The van der Waals surface area contributed by atoms with E-state index in [1.807, 2.05) is 11.0 Å². The van der Waals surface area contributed by atoms with Crippen LogP contribution in [0, 0.1) is 5.92 Å². The summed E-state index contributed by atoms with van der Waals surface area (Å²) in [5.74, 6) is 2.45. The van der Waals surface area contributed by atoms with Crippen molar-refractivity contribution in [2.24, 2.45) is 5.92 Å². The number of hydrogen-bond donors (Lipinski definition) is 1. The third-order valence-corrected chi connectivity index (χ3v) is 9.14. The number of nitrogens with one attached hydrogen (secondary N) is 1. The molecule has 206 valence electrons. The second-order valence-corrected chi connectivity index (χ2v) is 11.8. The second-order valence-electron chi connectivity index (χ2n) is 11.8. The van der Waals surface area contributed by atoms with Crippen LogP contribution in [-0.2, 0) is 16.1 Å². The van der Waals surface area contributed by atoms with Crippen LogP contribution in [0.25, 0.3) is 0 Å². The van der Waals surface area contributed by atoms with Gasteiger partial charge >= 0.3 is 0 Å². The molecule has 0 radical (unpaired) electrons. The molecule has 0 aromatic heterocycles. The minimum absolute atomic E-state index is 0. The lowest BCUT2D eigenvalue weighted by atomic mass is 9.78. The number of benzene rings is 1. The first kappa shape index (κ1) is 28.5. The third kappa shape index (κ3) is 6.05. The van der Waals surface area contributed by atoms with Crippen LogP contribution in [0.2, 0.25) is 0 Å². The van der Waals surface area contributed by atoms with Gasteiger partial charge in [-0.15, -0.1) is 0 Å². The van der Waals surface area contributed by atoms with Crippen LogP contribution in [-0.4, -0.2) is 72.7 Å². The molecule has 3 heterocycles. The van der Waals surface area contributed by atoms with E-state index in [-0.39, 0.29) is 41.8 Å². The zero-order valence-electron chi connectivity index (χ0n) is 22.6. The molecular formula is C29H44IN3O4. The zero-order valence-corrected chi connectivity index (χ0v) is 24.8. The van der Waals surface area contributed by atoms with E-state index in [0.717, 1.165) is 54.9 Å². The number of rotatable bonds is 7. The van der Waals surface area contributed by atoms with Crippen LogP contribution >= 0.6 is 0 Å². The average molecular weight is 626 g/mol. The number of carbonyl (C=O) groups is 2. The van der Waals surface area contributed by atoms with Crippen molar-refractivity contribution in [2.45, 2.75) is 89.3 Å². The maximum Gasteiger partial charge on any atom is 0.247 e. The van der Waals surface area contributed by atoms with Crippen molar-refractivity contribution in [1.82, 2.24) is 10.2 Å². The maximum atomic E-state index is 13.8. The Balaban J connectivity index is 0.00000320. The lowest BCUT2D eigenvalue weighted by Crippen LogP contribution is -3.00. The van der Waals surface area contributed by atoms with Gasteiger partial charge in [0.1, 0.15) is 31.3 Å². The largest absolute Gasteiger partial charge is 1.00 e. The first-order valence-electron chi connectivity index (χ1n) is 14.3. The summed E-state index contributed by atoms with van der Waals surface area (Å²) in [6, 6.07) is 5.89. The fourth-order valence-corrected chi connectivity index (χ4v) is 6.86. The Kier molecular flexibility index (Phi) is 9.30. The Hall–Kier alpha value is -1.55. The van der Waals surface area contributed by atoms with Crippen molar-refractivity contribution >= 4 is 11.8 Å². The Morgan fingerprint density at radius 3 is 2.46 bits per heavy atom. The lowest BCUT2D eigenvalue weighted by molar-refractivity contribution is -0.928. The van der Waals surface area contributed by atoms with E-state index in [1.165, 1.54) is 37.7 Å². The molecule has 4 aliphatic rings. The Morgan fingerprint density at radius 2 is 1.76 bits per heavy atom. The van der Waals surface area contributed by atoms with E-state index in [1.54, 1.807) is 0 Å². The van der Waals surface area contributed by atoms with Crippen LogP contribution in [0.4, 0.5) is 0 Å². The molecule has 3 aliphatic heterocycles. The number of likely N-dealkylation sites (tertiary alicyclic amines) is 1. The van der Waals surface area contributed by atoms with Gasteiger partial charge in [0, 0.05) is 24.9 Å². The lowest BCUT2D eigenvalue weighted by Gasteiger charge is -2.53. The smallest absolute Gasteiger partial charge is 0.247 e. The number of halogens is 1. The summed E-state index contributed by atoms with van der Waals surface area (Å²) >= 11 is 0. The van der Waals surface area contributed by atoms with E-state index >= 15 is 0 Å². The van der Waals surface area contributed by atoms with Crippen molar-refractivity contribution in [3.8, 4) is 11.5 Å². The summed E-state index contributed by atoms with van der Waals surface area (Å²) in [6.07, 6.45) is 10.4. The number of piperazine rings is 1. The normalized spacial score (nSPS) is 30.1.